The quantitative estimate of drug-likeness (QED) is 0.496. The van der Waals surface area contributed by atoms with Crippen molar-refractivity contribution < 1.29 is 13.2 Å². The highest BCUT2D eigenvalue weighted by molar-refractivity contribution is 7.89. The van der Waals surface area contributed by atoms with Gasteiger partial charge in [-0.05, 0) is 37.8 Å². The Balaban J connectivity index is 1.50. The number of aromatic nitrogens is 3. The van der Waals surface area contributed by atoms with Gasteiger partial charge in [0.25, 0.3) is 10.0 Å². The smallest absolute Gasteiger partial charge is 0.276 e. The highest BCUT2D eigenvalue weighted by Gasteiger charge is 2.22. The first-order valence-electron chi connectivity index (χ1n) is 8.60. The SMILES string of the molecule is Cc1ccc(S(=O)(=O)NN=Cc2cnn3ccc(OCC4CC4)nc23)cc1. The van der Waals surface area contributed by atoms with Crippen molar-refractivity contribution in [2.24, 2.45) is 11.0 Å². The Morgan fingerprint density at radius 1 is 1.30 bits per heavy atom. The number of benzene rings is 1. The summed E-state index contributed by atoms with van der Waals surface area (Å²) in [4.78, 5) is 6.79. The van der Waals surface area contributed by atoms with Crippen molar-refractivity contribution in [3.8, 4) is 5.88 Å². The summed E-state index contributed by atoms with van der Waals surface area (Å²) in [6.45, 7) is 2.56. The fourth-order valence-corrected chi connectivity index (χ4v) is 3.26. The zero-order valence-electron chi connectivity index (χ0n) is 14.7. The molecule has 8 nitrogen and oxygen atoms in total. The van der Waals surface area contributed by atoms with Gasteiger partial charge in [0, 0.05) is 12.3 Å². The topological polar surface area (TPSA) is 98.0 Å². The maximum atomic E-state index is 12.3. The Labute approximate surface area is 156 Å². The minimum Gasteiger partial charge on any atom is -0.477 e. The minimum absolute atomic E-state index is 0.152. The van der Waals surface area contributed by atoms with Crippen LogP contribution in [0.3, 0.4) is 0 Å². The van der Waals surface area contributed by atoms with Crippen molar-refractivity contribution in [1.29, 1.82) is 0 Å². The fourth-order valence-electron chi connectivity index (χ4n) is 2.46. The predicted molar refractivity (Wildman–Crippen MR) is 100 cm³/mol. The van der Waals surface area contributed by atoms with E-state index in [2.05, 4.69) is 20.0 Å². The number of nitrogens with zero attached hydrogens (tertiary/aromatic N) is 4. The Morgan fingerprint density at radius 2 is 2.07 bits per heavy atom. The van der Waals surface area contributed by atoms with Gasteiger partial charge in [-0.1, -0.05) is 17.7 Å². The largest absolute Gasteiger partial charge is 0.477 e. The van der Waals surface area contributed by atoms with Gasteiger partial charge in [0.15, 0.2) is 5.65 Å². The monoisotopic (exact) mass is 385 g/mol. The van der Waals surface area contributed by atoms with Gasteiger partial charge in [-0.2, -0.15) is 23.6 Å². The molecule has 0 amide bonds. The standard InChI is InChI=1S/C18H19N5O3S/c1-13-2-6-16(7-3-13)27(24,25)22-19-10-15-11-20-23-9-8-17(21-18(15)23)26-12-14-4-5-14/h2-3,6-11,14,22H,4-5,12H2,1H3. The maximum Gasteiger partial charge on any atom is 0.276 e. The van der Waals surface area contributed by atoms with Gasteiger partial charge in [-0.15, -0.1) is 0 Å². The highest BCUT2D eigenvalue weighted by atomic mass is 32.2. The Morgan fingerprint density at radius 3 is 2.81 bits per heavy atom. The molecular formula is C18H19N5O3S. The van der Waals surface area contributed by atoms with Crippen LogP contribution in [0.2, 0.25) is 0 Å². The molecule has 27 heavy (non-hydrogen) atoms. The summed E-state index contributed by atoms with van der Waals surface area (Å²) in [6, 6.07) is 8.29. The minimum atomic E-state index is -3.72. The number of ether oxygens (including phenoxy) is 1. The molecule has 1 fully saturated rings. The highest BCUT2D eigenvalue weighted by Crippen LogP contribution is 2.29. The summed E-state index contributed by atoms with van der Waals surface area (Å²) in [5, 5.41) is 8.03. The van der Waals surface area contributed by atoms with E-state index in [0.717, 1.165) is 5.56 Å². The Bertz CT molecular complexity index is 1090. The third-order valence-electron chi connectivity index (χ3n) is 4.24. The summed E-state index contributed by atoms with van der Waals surface area (Å²) in [5.74, 6) is 1.15. The van der Waals surface area contributed by atoms with Gasteiger partial charge in [-0.3, -0.25) is 0 Å². The number of hydrazone groups is 1. The van der Waals surface area contributed by atoms with Crippen molar-refractivity contribution in [2.45, 2.75) is 24.7 Å². The lowest BCUT2D eigenvalue weighted by atomic mass is 10.2. The predicted octanol–water partition coefficient (Wildman–Crippen LogP) is 2.14. The number of rotatable bonds is 7. The molecule has 0 aliphatic heterocycles. The number of aryl methyl sites for hydroxylation is 1. The van der Waals surface area contributed by atoms with E-state index in [1.54, 1.807) is 35.1 Å². The number of hydrogen-bond acceptors (Lipinski definition) is 6. The number of hydrogen-bond donors (Lipinski definition) is 1. The molecule has 0 atom stereocenters. The van der Waals surface area contributed by atoms with E-state index in [-0.39, 0.29) is 4.90 Å². The van der Waals surface area contributed by atoms with Crippen LogP contribution >= 0.6 is 0 Å². The second kappa shape index (κ2) is 6.99. The summed E-state index contributed by atoms with van der Waals surface area (Å²) < 4.78 is 31.8. The molecule has 1 saturated carbocycles. The van der Waals surface area contributed by atoms with E-state index in [1.807, 2.05) is 6.92 Å². The van der Waals surface area contributed by atoms with Gasteiger partial charge in [0.2, 0.25) is 5.88 Å². The first-order chi connectivity index (χ1) is 13.0. The van der Waals surface area contributed by atoms with E-state index in [0.29, 0.717) is 29.6 Å². The average Bonchev–Trinajstić information content (AvgIpc) is 3.40. The lowest BCUT2D eigenvalue weighted by Crippen LogP contribution is -2.18. The molecule has 4 rings (SSSR count). The van der Waals surface area contributed by atoms with Crippen molar-refractivity contribution in [3.05, 3.63) is 53.9 Å². The fraction of sp³-hybridized carbons (Fsp3) is 0.278. The van der Waals surface area contributed by atoms with E-state index in [1.165, 1.54) is 31.2 Å². The lowest BCUT2D eigenvalue weighted by molar-refractivity contribution is 0.288. The van der Waals surface area contributed by atoms with Crippen LogP contribution in [0.4, 0.5) is 0 Å². The molecule has 1 N–H and O–H groups in total. The molecule has 0 radical (unpaired) electrons. The average molecular weight is 385 g/mol. The lowest BCUT2D eigenvalue weighted by Gasteiger charge is -2.04. The van der Waals surface area contributed by atoms with Crippen LogP contribution in [-0.4, -0.2) is 35.8 Å². The van der Waals surface area contributed by atoms with Gasteiger partial charge in [-0.25, -0.2) is 9.35 Å². The zero-order valence-corrected chi connectivity index (χ0v) is 15.6. The zero-order chi connectivity index (χ0) is 18.9. The van der Waals surface area contributed by atoms with Crippen molar-refractivity contribution in [2.75, 3.05) is 6.61 Å². The molecule has 0 bridgehead atoms. The second-order valence-electron chi connectivity index (χ2n) is 6.55. The summed E-state index contributed by atoms with van der Waals surface area (Å²) in [6.07, 6.45) is 7.10. The Hall–Kier alpha value is -2.94. The third kappa shape index (κ3) is 4.08. The van der Waals surface area contributed by atoms with Gasteiger partial charge in [0.05, 0.1) is 29.5 Å². The molecule has 1 aliphatic rings. The molecule has 2 heterocycles. The van der Waals surface area contributed by atoms with Crippen molar-refractivity contribution in [1.82, 2.24) is 19.4 Å². The normalized spacial score (nSPS) is 14.7. The molecule has 140 valence electrons. The molecule has 2 aromatic heterocycles. The summed E-state index contributed by atoms with van der Waals surface area (Å²) in [5.41, 5.74) is 2.11. The van der Waals surface area contributed by atoms with Crippen LogP contribution in [-0.2, 0) is 10.0 Å². The molecule has 1 aromatic carbocycles. The van der Waals surface area contributed by atoms with E-state index < -0.39 is 10.0 Å². The van der Waals surface area contributed by atoms with Crippen LogP contribution < -0.4 is 9.57 Å². The number of sulfonamides is 1. The van der Waals surface area contributed by atoms with E-state index >= 15 is 0 Å². The van der Waals surface area contributed by atoms with Crippen LogP contribution in [0.15, 0.2) is 52.7 Å². The molecule has 0 unspecified atom stereocenters. The maximum absolute atomic E-state index is 12.3. The summed E-state index contributed by atoms with van der Waals surface area (Å²) in [7, 11) is -3.72. The third-order valence-corrected chi connectivity index (χ3v) is 5.48. The molecule has 1 aliphatic carbocycles. The molecule has 0 spiro atoms. The van der Waals surface area contributed by atoms with Crippen LogP contribution in [0, 0.1) is 12.8 Å². The molecule has 3 aromatic rings. The van der Waals surface area contributed by atoms with Crippen LogP contribution in [0.25, 0.3) is 5.65 Å². The van der Waals surface area contributed by atoms with Crippen LogP contribution in [0.1, 0.15) is 24.0 Å². The second-order valence-corrected chi connectivity index (χ2v) is 8.22. The molecule has 9 heteroatoms. The van der Waals surface area contributed by atoms with Gasteiger partial charge >= 0.3 is 0 Å². The summed E-state index contributed by atoms with van der Waals surface area (Å²) >= 11 is 0. The number of nitrogens with one attached hydrogen (secondary N) is 1. The van der Waals surface area contributed by atoms with Crippen molar-refractivity contribution >= 4 is 21.9 Å². The Kier molecular flexibility index (Phi) is 4.53. The van der Waals surface area contributed by atoms with E-state index in [9.17, 15) is 8.42 Å². The molecule has 0 saturated heterocycles. The first-order valence-corrected chi connectivity index (χ1v) is 10.1. The van der Waals surface area contributed by atoms with Gasteiger partial charge in [0.1, 0.15) is 0 Å². The number of fused-ring (bicyclic) bond motifs is 1. The van der Waals surface area contributed by atoms with E-state index in [4.69, 9.17) is 4.74 Å². The first kappa shape index (κ1) is 17.5. The molecular weight excluding hydrogens is 366 g/mol. The van der Waals surface area contributed by atoms with Crippen LogP contribution in [0.5, 0.6) is 5.88 Å². The van der Waals surface area contributed by atoms with Crippen molar-refractivity contribution in [3.63, 3.8) is 0 Å². The van der Waals surface area contributed by atoms with Gasteiger partial charge < -0.3 is 4.74 Å².